The number of hydrogen-bond acceptors (Lipinski definition) is 5. The summed E-state index contributed by atoms with van der Waals surface area (Å²) in [6.07, 6.45) is 1.12. The Balaban J connectivity index is 2.75. The first kappa shape index (κ1) is 18.4. The lowest BCUT2D eigenvalue weighted by Gasteiger charge is -2.26. The quantitative estimate of drug-likeness (QED) is 0.393. The van der Waals surface area contributed by atoms with Gasteiger partial charge >= 0.3 is 5.43 Å². The lowest BCUT2D eigenvalue weighted by molar-refractivity contribution is 0.0672. The number of halogens is 1. The average Bonchev–Trinajstić information content (AvgIpc) is 2.42. The van der Waals surface area contributed by atoms with Crippen LogP contribution >= 0.6 is 11.6 Å². The van der Waals surface area contributed by atoms with Crippen LogP contribution in [0.1, 0.15) is 40.5 Å². The third-order valence-electron chi connectivity index (χ3n) is 2.64. The number of rotatable bonds is 7. The van der Waals surface area contributed by atoms with Crippen LogP contribution in [-0.2, 0) is 4.74 Å². The number of carbonyl (C=O) groups is 1. The van der Waals surface area contributed by atoms with Gasteiger partial charge in [-0.2, -0.15) is 5.11 Å². The summed E-state index contributed by atoms with van der Waals surface area (Å²) in [4.78, 5) is 10.6. The second-order valence-corrected chi connectivity index (χ2v) is 6.46. The zero-order valence-corrected chi connectivity index (χ0v) is 14.3. The van der Waals surface area contributed by atoms with Gasteiger partial charge in [-0.1, -0.05) is 18.2 Å². The summed E-state index contributed by atoms with van der Waals surface area (Å²) in [5.41, 5.74) is -1.92. The summed E-state index contributed by atoms with van der Waals surface area (Å²) in [6.45, 7) is 7.98. The molecular weight excluding hydrogens is 304 g/mol. The third kappa shape index (κ3) is 7.98. The molecule has 6 heteroatoms. The fraction of sp³-hybridized carbons (Fsp3) is 0.562. The predicted molar refractivity (Wildman–Crippen MR) is 86.5 cm³/mol. The van der Waals surface area contributed by atoms with Crippen LogP contribution in [0.15, 0.2) is 40.6 Å². The van der Waals surface area contributed by atoms with Gasteiger partial charge in [0.25, 0.3) is 0 Å². The van der Waals surface area contributed by atoms with E-state index in [1.165, 1.54) is 0 Å². The molecule has 1 atom stereocenters. The van der Waals surface area contributed by atoms with Gasteiger partial charge in [0.05, 0.1) is 12.1 Å². The van der Waals surface area contributed by atoms with Gasteiger partial charge in [-0.15, -0.1) is 5.11 Å². The van der Waals surface area contributed by atoms with Crippen LogP contribution in [0.5, 0.6) is 5.75 Å². The number of benzene rings is 1. The predicted octanol–water partition coefficient (Wildman–Crippen LogP) is 5.19. The van der Waals surface area contributed by atoms with Crippen molar-refractivity contribution < 1.29 is 14.3 Å². The molecule has 0 heterocycles. The Bertz CT molecular complexity index is 500. The topological polar surface area (TPSA) is 60.2 Å². The molecular formula is C16H23ClN2O3. The number of nitrogens with zero attached hydrogens (tertiary/aromatic N) is 2. The SMILES string of the molecule is CC(C)(C)/N=N/C(C)(CCCOC(=O)Cl)Oc1ccccc1. The number of para-hydroxylation sites is 1. The molecule has 0 aromatic heterocycles. The third-order valence-corrected chi connectivity index (χ3v) is 2.75. The van der Waals surface area contributed by atoms with Gasteiger partial charge < -0.3 is 9.47 Å². The second-order valence-electron chi connectivity index (χ2n) is 6.15. The molecule has 0 aliphatic carbocycles. The molecule has 0 saturated carbocycles. The monoisotopic (exact) mass is 326 g/mol. The molecule has 0 aliphatic rings. The highest BCUT2D eigenvalue weighted by Gasteiger charge is 2.27. The minimum absolute atomic E-state index is 0.223. The Hall–Kier alpha value is -1.62. The molecule has 0 radical (unpaired) electrons. The number of carbonyl (C=O) groups excluding carboxylic acids is 1. The molecule has 1 unspecified atom stereocenters. The van der Waals surface area contributed by atoms with Crippen LogP contribution in [-0.4, -0.2) is 23.3 Å². The summed E-state index contributed by atoms with van der Waals surface area (Å²) in [7, 11) is 0. The van der Waals surface area contributed by atoms with Crippen molar-refractivity contribution in [1.29, 1.82) is 0 Å². The van der Waals surface area contributed by atoms with Crippen LogP contribution in [0.2, 0.25) is 0 Å². The molecule has 0 N–H and O–H groups in total. The number of ether oxygens (including phenoxy) is 2. The fourth-order valence-corrected chi connectivity index (χ4v) is 1.75. The highest BCUT2D eigenvalue weighted by atomic mass is 35.5. The smallest absolute Gasteiger partial charge is 0.403 e. The first-order valence-electron chi connectivity index (χ1n) is 7.21. The van der Waals surface area contributed by atoms with Crippen molar-refractivity contribution in [2.45, 2.75) is 51.8 Å². The lowest BCUT2D eigenvalue weighted by Crippen LogP contribution is -2.31. The van der Waals surface area contributed by atoms with E-state index in [1.807, 2.05) is 58.0 Å². The van der Waals surface area contributed by atoms with E-state index in [-0.39, 0.29) is 12.1 Å². The Morgan fingerprint density at radius 2 is 1.77 bits per heavy atom. The van der Waals surface area contributed by atoms with E-state index in [1.54, 1.807) is 0 Å². The maximum absolute atomic E-state index is 10.6. The van der Waals surface area contributed by atoms with Crippen LogP contribution in [0.4, 0.5) is 4.79 Å². The molecule has 122 valence electrons. The average molecular weight is 327 g/mol. The highest BCUT2D eigenvalue weighted by Crippen LogP contribution is 2.25. The van der Waals surface area contributed by atoms with E-state index in [9.17, 15) is 4.79 Å². The molecule has 1 aromatic carbocycles. The van der Waals surface area contributed by atoms with Crippen LogP contribution in [0.25, 0.3) is 0 Å². The lowest BCUT2D eigenvalue weighted by atomic mass is 10.1. The van der Waals surface area contributed by atoms with Crippen LogP contribution in [0.3, 0.4) is 0 Å². The summed E-state index contributed by atoms with van der Waals surface area (Å²) in [6, 6.07) is 9.44. The van der Waals surface area contributed by atoms with Gasteiger partial charge in [0.2, 0.25) is 5.72 Å². The molecule has 0 fully saturated rings. The molecule has 1 aromatic rings. The standard InChI is InChI=1S/C16H23ClN2O3/c1-15(2,3)18-19-16(4,11-8-12-21-14(17)20)22-13-9-6-5-7-10-13/h5-7,9-10H,8,11-12H2,1-4H3/b19-18+. The van der Waals surface area contributed by atoms with Gasteiger partial charge in [-0.25, -0.2) is 4.79 Å². The first-order chi connectivity index (χ1) is 10.2. The molecule has 0 spiro atoms. The van der Waals surface area contributed by atoms with Crippen molar-refractivity contribution >= 4 is 17.0 Å². The molecule has 0 bridgehead atoms. The van der Waals surface area contributed by atoms with Crippen LogP contribution in [0, 0.1) is 0 Å². The van der Waals surface area contributed by atoms with Gasteiger partial charge in [0.15, 0.2) is 0 Å². The van der Waals surface area contributed by atoms with Crippen LogP contribution < -0.4 is 4.74 Å². The Morgan fingerprint density at radius 3 is 2.32 bits per heavy atom. The largest absolute Gasteiger partial charge is 0.465 e. The van der Waals surface area contributed by atoms with Gasteiger partial charge in [-0.3, -0.25) is 0 Å². The zero-order valence-electron chi connectivity index (χ0n) is 13.5. The molecule has 0 amide bonds. The number of azo groups is 1. The van der Waals surface area contributed by atoms with Crippen molar-refractivity contribution in [3.63, 3.8) is 0 Å². The van der Waals surface area contributed by atoms with E-state index in [4.69, 9.17) is 21.1 Å². The molecule has 0 saturated heterocycles. The Morgan fingerprint density at radius 1 is 1.14 bits per heavy atom. The van der Waals surface area contributed by atoms with Crippen molar-refractivity contribution in [1.82, 2.24) is 0 Å². The summed E-state index contributed by atoms with van der Waals surface area (Å²) in [5, 5.41) is 8.67. The first-order valence-corrected chi connectivity index (χ1v) is 7.58. The Labute approximate surface area is 136 Å². The van der Waals surface area contributed by atoms with Gasteiger partial charge in [-0.05, 0) is 46.2 Å². The zero-order chi connectivity index (χ0) is 16.6. The van der Waals surface area contributed by atoms with Crippen molar-refractivity contribution in [3.05, 3.63) is 30.3 Å². The van der Waals surface area contributed by atoms with E-state index in [0.29, 0.717) is 18.6 Å². The van der Waals surface area contributed by atoms with Crippen molar-refractivity contribution in [2.75, 3.05) is 6.61 Å². The molecule has 5 nitrogen and oxygen atoms in total. The van der Waals surface area contributed by atoms with Crippen molar-refractivity contribution in [3.8, 4) is 5.75 Å². The normalized spacial score (nSPS) is 14.6. The van der Waals surface area contributed by atoms with E-state index in [2.05, 4.69) is 10.2 Å². The highest BCUT2D eigenvalue weighted by molar-refractivity contribution is 6.61. The maximum Gasteiger partial charge on any atom is 0.403 e. The molecule has 0 aliphatic heterocycles. The van der Waals surface area contributed by atoms with E-state index >= 15 is 0 Å². The molecule has 22 heavy (non-hydrogen) atoms. The van der Waals surface area contributed by atoms with E-state index in [0.717, 1.165) is 0 Å². The maximum atomic E-state index is 10.6. The van der Waals surface area contributed by atoms with Gasteiger partial charge in [0.1, 0.15) is 5.75 Å². The summed E-state index contributed by atoms with van der Waals surface area (Å²) in [5.74, 6) is 0.715. The summed E-state index contributed by atoms with van der Waals surface area (Å²) < 4.78 is 10.7. The molecule has 1 rings (SSSR count). The second kappa shape index (κ2) is 8.13. The fourth-order valence-electron chi connectivity index (χ4n) is 1.67. The number of hydrogen-bond donors (Lipinski definition) is 0. The summed E-state index contributed by atoms with van der Waals surface area (Å²) >= 11 is 5.14. The minimum atomic E-state index is -0.826. The van der Waals surface area contributed by atoms with Crippen molar-refractivity contribution in [2.24, 2.45) is 10.2 Å². The minimum Gasteiger partial charge on any atom is -0.465 e. The van der Waals surface area contributed by atoms with E-state index < -0.39 is 11.2 Å². The van der Waals surface area contributed by atoms with Gasteiger partial charge in [0, 0.05) is 18.0 Å². The Kier molecular flexibility index (Phi) is 6.81.